The Morgan fingerprint density at radius 1 is 1.40 bits per heavy atom. The summed E-state index contributed by atoms with van der Waals surface area (Å²) in [6, 6.07) is 7.88. The molecule has 1 aliphatic heterocycles. The molecule has 0 aliphatic carbocycles. The molecule has 110 valence electrons. The predicted molar refractivity (Wildman–Crippen MR) is 75.8 cm³/mol. The summed E-state index contributed by atoms with van der Waals surface area (Å²) in [6.07, 6.45) is 2.22. The summed E-state index contributed by atoms with van der Waals surface area (Å²) in [5.74, 6) is 4.71. The molecule has 1 aromatic carbocycles. The number of nitrogens with two attached hydrogens (primary N) is 1. The molecule has 1 heterocycles. The number of carbonyl (C=O) groups is 1. The zero-order valence-corrected chi connectivity index (χ0v) is 11.8. The van der Waals surface area contributed by atoms with Crippen molar-refractivity contribution in [2.45, 2.75) is 38.4 Å². The molecule has 1 aromatic rings. The number of amides is 1. The van der Waals surface area contributed by atoms with E-state index in [4.69, 9.17) is 15.3 Å². The molecule has 1 aliphatic rings. The number of hydrazine groups is 1. The van der Waals surface area contributed by atoms with E-state index < -0.39 is 0 Å². The topological polar surface area (TPSA) is 73.6 Å². The number of ether oxygens (including phenoxy) is 2. The van der Waals surface area contributed by atoms with Gasteiger partial charge < -0.3 is 9.47 Å². The van der Waals surface area contributed by atoms with Crippen LogP contribution >= 0.6 is 0 Å². The van der Waals surface area contributed by atoms with Gasteiger partial charge in [-0.3, -0.25) is 10.2 Å². The molecule has 2 rings (SSSR count). The van der Waals surface area contributed by atoms with Gasteiger partial charge in [-0.15, -0.1) is 0 Å². The summed E-state index contributed by atoms with van der Waals surface area (Å²) in [4.78, 5) is 11.5. The smallest absolute Gasteiger partial charge is 0.241 e. The minimum Gasteiger partial charge on any atom is -0.381 e. The van der Waals surface area contributed by atoms with E-state index in [2.05, 4.69) is 5.43 Å². The van der Waals surface area contributed by atoms with Crippen molar-refractivity contribution in [2.24, 2.45) is 5.84 Å². The van der Waals surface area contributed by atoms with Gasteiger partial charge in [-0.25, -0.2) is 5.84 Å². The van der Waals surface area contributed by atoms with Crippen LogP contribution in [-0.4, -0.2) is 25.2 Å². The lowest BCUT2D eigenvalue weighted by atomic mass is 9.99. The van der Waals surface area contributed by atoms with Gasteiger partial charge in [0.2, 0.25) is 5.91 Å². The molecular formula is C15H22N2O3. The van der Waals surface area contributed by atoms with Crippen LogP contribution in [0.15, 0.2) is 24.3 Å². The molecule has 5 heteroatoms. The van der Waals surface area contributed by atoms with Crippen LogP contribution in [0.1, 0.15) is 36.8 Å². The Bertz CT molecular complexity index is 427. The van der Waals surface area contributed by atoms with Crippen LogP contribution in [-0.2, 0) is 20.9 Å². The summed E-state index contributed by atoms with van der Waals surface area (Å²) < 4.78 is 11.2. The summed E-state index contributed by atoms with van der Waals surface area (Å²) in [5.41, 5.74) is 4.23. The molecule has 0 saturated carbocycles. The Balaban J connectivity index is 1.86. The summed E-state index contributed by atoms with van der Waals surface area (Å²) >= 11 is 0. The molecule has 0 radical (unpaired) electrons. The fourth-order valence-electron chi connectivity index (χ4n) is 2.24. The molecule has 5 nitrogen and oxygen atoms in total. The molecule has 1 amide bonds. The minimum absolute atomic E-state index is 0.184. The average molecular weight is 278 g/mol. The van der Waals surface area contributed by atoms with Crippen molar-refractivity contribution in [3.8, 4) is 0 Å². The van der Waals surface area contributed by atoms with Crippen LogP contribution in [0.2, 0.25) is 0 Å². The molecule has 1 atom stereocenters. The van der Waals surface area contributed by atoms with Gasteiger partial charge in [0.25, 0.3) is 0 Å². The van der Waals surface area contributed by atoms with Gasteiger partial charge in [0, 0.05) is 13.2 Å². The highest BCUT2D eigenvalue weighted by Gasteiger charge is 2.15. The van der Waals surface area contributed by atoms with Crippen molar-refractivity contribution < 1.29 is 14.3 Å². The third-order valence-corrected chi connectivity index (χ3v) is 3.67. The van der Waals surface area contributed by atoms with E-state index in [0.717, 1.165) is 37.2 Å². The maximum Gasteiger partial charge on any atom is 0.241 e. The molecule has 1 fully saturated rings. The number of nitrogens with one attached hydrogen (secondary N) is 1. The SMILES string of the molecule is CC(C(=O)NN)c1ccc(COC2CCOCC2)cc1. The lowest BCUT2D eigenvalue weighted by molar-refractivity contribution is -0.122. The van der Waals surface area contributed by atoms with Crippen molar-refractivity contribution in [3.63, 3.8) is 0 Å². The molecule has 0 spiro atoms. The highest BCUT2D eigenvalue weighted by Crippen LogP contribution is 2.18. The first-order chi connectivity index (χ1) is 9.70. The standard InChI is InChI=1S/C15H22N2O3/c1-11(15(18)17-16)13-4-2-12(3-5-13)10-20-14-6-8-19-9-7-14/h2-5,11,14H,6-10,16H2,1H3,(H,17,18). The molecule has 1 unspecified atom stereocenters. The normalized spacial score (nSPS) is 17.7. The van der Waals surface area contributed by atoms with Gasteiger partial charge in [-0.1, -0.05) is 24.3 Å². The monoisotopic (exact) mass is 278 g/mol. The van der Waals surface area contributed by atoms with E-state index in [1.165, 1.54) is 0 Å². The van der Waals surface area contributed by atoms with Crippen molar-refractivity contribution in [1.29, 1.82) is 0 Å². The predicted octanol–water partition coefficient (Wildman–Crippen LogP) is 1.48. The fraction of sp³-hybridized carbons (Fsp3) is 0.533. The van der Waals surface area contributed by atoms with Crippen molar-refractivity contribution in [2.75, 3.05) is 13.2 Å². The van der Waals surface area contributed by atoms with Gasteiger partial charge in [-0.2, -0.15) is 0 Å². The Kier molecular flexibility index (Phi) is 5.52. The second-order valence-electron chi connectivity index (χ2n) is 5.09. The van der Waals surface area contributed by atoms with Gasteiger partial charge in [-0.05, 0) is 30.9 Å². The number of benzene rings is 1. The van der Waals surface area contributed by atoms with E-state index >= 15 is 0 Å². The van der Waals surface area contributed by atoms with E-state index in [-0.39, 0.29) is 11.8 Å². The maximum absolute atomic E-state index is 11.5. The summed E-state index contributed by atoms with van der Waals surface area (Å²) in [5, 5.41) is 0. The Morgan fingerprint density at radius 2 is 2.05 bits per heavy atom. The lowest BCUT2D eigenvalue weighted by Gasteiger charge is -2.22. The average Bonchev–Trinajstić information content (AvgIpc) is 2.53. The second-order valence-corrected chi connectivity index (χ2v) is 5.09. The van der Waals surface area contributed by atoms with Gasteiger partial charge in [0.05, 0.1) is 18.6 Å². The van der Waals surface area contributed by atoms with Crippen LogP contribution in [0.3, 0.4) is 0 Å². The number of hydrogen-bond donors (Lipinski definition) is 2. The first-order valence-electron chi connectivity index (χ1n) is 6.99. The third kappa shape index (κ3) is 4.03. The van der Waals surface area contributed by atoms with Crippen LogP contribution in [0.4, 0.5) is 0 Å². The number of carbonyl (C=O) groups excluding carboxylic acids is 1. The quantitative estimate of drug-likeness (QED) is 0.486. The second kappa shape index (κ2) is 7.38. The highest BCUT2D eigenvalue weighted by molar-refractivity contribution is 5.82. The molecule has 20 heavy (non-hydrogen) atoms. The Labute approximate surface area is 119 Å². The van der Waals surface area contributed by atoms with Crippen molar-refractivity contribution in [3.05, 3.63) is 35.4 Å². The van der Waals surface area contributed by atoms with Crippen molar-refractivity contribution >= 4 is 5.91 Å². The zero-order valence-electron chi connectivity index (χ0n) is 11.8. The minimum atomic E-state index is -0.245. The maximum atomic E-state index is 11.5. The van der Waals surface area contributed by atoms with Gasteiger partial charge >= 0.3 is 0 Å². The van der Waals surface area contributed by atoms with Gasteiger partial charge in [0.1, 0.15) is 0 Å². The van der Waals surface area contributed by atoms with E-state index in [1.807, 2.05) is 31.2 Å². The number of hydrogen-bond acceptors (Lipinski definition) is 4. The van der Waals surface area contributed by atoms with Crippen LogP contribution in [0.25, 0.3) is 0 Å². The first-order valence-corrected chi connectivity index (χ1v) is 6.99. The zero-order chi connectivity index (χ0) is 14.4. The summed E-state index contributed by atoms with van der Waals surface area (Å²) in [6.45, 7) is 4.00. The van der Waals surface area contributed by atoms with E-state index in [0.29, 0.717) is 12.7 Å². The molecule has 0 aromatic heterocycles. The van der Waals surface area contributed by atoms with Crippen LogP contribution < -0.4 is 11.3 Å². The lowest BCUT2D eigenvalue weighted by Crippen LogP contribution is -2.33. The molecule has 3 N–H and O–H groups in total. The Morgan fingerprint density at radius 3 is 2.65 bits per heavy atom. The number of rotatable bonds is 5. The molecule has 0 bridgehead atoms. The molecule has 1 saturated heterocycles. The fourth-order valence-corrected chi connectivity index (χ4v) is 2.24. The van der Waals surface area contributed by atoms with Crippen molar-refractivity contribution in [1.82, 2.24) is 5.43 Å². The third-order valence-electron chi connectivity index (χ3n) is 3.67. The van der Waals surface area contributed by atoms with Gasteiger partial charge in [0.15, 0.2) is 0 Å². The summed E-state index contributed by atoms with van der Waals surface area (Å²) in [7, 11) is 0. The highest BCUT2D eigenvalue weighted by atomic mass is 16.5. The molecular weight excluding hydrogens is 256 g/mol. The van der Waals surface area contributed by atoms with Crippen LogP contribution in [0, 0.1) is 0 Å². The van der Waals surface area contributed by atoms with Crippen LogP contribution in [0.5, 0.6) is 0 Å². The van der Waals surface area contributed by atoms with E-state index in [1.54, 1.807) is 0 Å². The Hall–Kier alpha value is -1.43. The first kappa shape index (κ1) is 15.0. The van der Waals surface area contributed by atoms with E-state index in [9.17, 15) is 4.79 Å². The largest absolute Gasteiger partial charge is 0.381 e.